The number of rotatable bonds is 2. The molecule has 2 atom stereocenters. The van der Waals surface area contributed by atoms with Crippen LogP contribution in [0.4, 0.5) is 0 Å². The van der Waals surface area contributed by atoms with Gasteiger partial charge in [0.05, 0.1) is 18.4 Å². The Morgan fingerprint density at radius 2 is 1.75 bits per heavy atom. The molecular formula is C17H21N5O2. The van der Waals surface area contributed by atoms with Crippen molar-refractivity contribution in [2.75, 3.05) is 0 Å². The van der Waals surface area contributed by atoms with Gasteiger partial charge in [-0.05, 0) is 44.9 Å². The van der Waals surface area contributed by atoms with Gasteiger partial charge in [-0.3, -0.25) is 4.79 Å². The summed E-state index contributed by atoms with van der Waals surface area (Å²) >= 11 is 0. The van der Waals surface area contributed by atoms with Crippen molar-refractivity contribution >= 4 is 5.91 Å². The van der Waals surface area contributed by atoms with Gasteiger partial charge in [0.1, 0.15) is 5.76 Å². The Labute approximate surface area is 140 Å². The monoisotopic (exact) mass is 327 g/mol. The number of fused-ring (bicyclic) bond motifs is 3. The second kappa shape index (κ2) is 5.43. The van der Waals surface area contributed by atoms with Gasteiger partial charge in [0.2, 0.25) is 0 Å². The fourth-order valence-electron chi connectivity index (χ4n) is 4.76. The van der Waals surface area contributed by atoms with Crippen molar-refractivity contribution in [2.45, 2.75) is 69.5 Å². The first kappa shape index (κ1) is 14.2. The van der Waals surface area contributed by atoms with Gasteiger partial charge >= 0.3 is 0 Å². The number of hydrogen-bond acceptors (Lipinski definition) is 5. The zero-order chi connectivity index (χ0) is 16.1. The van der Waals surface area contributed by atoms with E-state index < -0.39 is 0 Å². The number of carbonyl (C=O) groups excluding carboxylic acids is 1. The third-order valence-electron chi connectivity index (χ3n) is 5.86. The zero-order valence-electron chi connectivity index (χ0n) is 13.6. The van der Waals surface area contributed by atoms with E-state index in [4.69, 9.17) is 4.52 Å². The lowest BCUT2D eigenvalue weighted by Gasteiger charge is -2.38. The van der Waals surface area contributed by atoms with E-state index in [0.29, 0.717) is 11.7 Å². The number of nitrogens with zero attached hydrogens (tertiary/aromatic N) is 5. The molecule has 126 valence electrons. The maximum Gasteiger partial charge on any atom is 0.276 e. The number of carbonyl (C=O) groups is 1. The van der Waals surface area contributed by atoms with Gasteiger partial charge in [-0.1, -0.05) is 5.16 Å². The van der Waals surface area contributed by atoms with Crippen molar-refractivity contribution in [3.05, 3.63) is 29.4 Å². The molecular weight excluding hydrogens is 306 g/mol. The third-order valence-corrected chi connectivity index (χ3v) is 5.86. The summed E-state index contributed by atoms with van der Waals surface area (Å²) in [7, 11) is 0. The van der Waals surface area contributed by atoms with E-state index in [2.05, 4.69) is 20.3 Å². The number of aryl methyl sites for hydroxylation is 1. The molecule has 1 aliphatic carbocycles. The first-order valence-electron chi connectivity index (χ1n) is 8.97. The first-order valence-corrected chi connectivity index (χ1v) is 8.97. The van der Waals surface area contributed by atoms with Crippen LogP contribution in [0.15, 0.2) is 16.9 Å². The number of amides is 1. The average Bonchev–Trinajstić information content (AvgIpc) is 3.32. The SMILES string of the molecule is O=C(c1noc2c1CCCC2)N1C2CCC1CC(n1nccn1)C2. The lowest BCUT2D eigenvalue weighted by atomic mass is 9.94. The molecule has 2 aliphatic heterocycles. The highest BCUT2D eigenvalue weighted by atomic mass is 16.5. The fourth-order valence-corrected chi connectivity index (χ4v) is 4.76. The Morgan fingerprint density at radius 3 is 2.50 bits per heavy atom. The second-order valence-electron chi connectivity index (χ2n) is 7.21. The van der Waals surface area contributed by atoms with Crippen LogP contribution < -0.4 is 0 Å². The van der Waals surface area contributed by atoms with Crippen LogP contribution in [-0.2, 0) is 12.8 Å². The van der Waals surface area contributed by atoms with E-state index in [-0.39, 0.29) is 18.0 Å². The summed E-state index contributed by atoms with van der Waals surface area (Å²) in [5.41, 5.74) is 1.62. The van der Waals surface area contributed by atoms with Crippen molar-refractivity contribution in [3.8, 4) is 0 Å². The molecule has 7 heteroatoms. The van der Waals surface area contributed by atoms with Crippen LogP contribution in [0.5, 0.6) is 0 Å². The standard InChI is InChI=1S/C17H21N5O2/c23-17(16-14-3-1-2-4-15(14)24-20-16)21-11-5-6-12(21)10-13(9-11)22-18-7-8-19-22/h7-8,11-13H,1-6,9-10H2. The van der Waals surface area contributed by atoms with Gasteiger partial charge in [-0.25, -0.2) is 0 Å². The quantitative estimate of drug-likeness (QED) is 0.844. The van der Waals surface area contributed by atoms with Gasteiger partial charge in [0.15, 0.2) is 5.69 Å². The van der Waals surface area contributed by atoms with Gasteiger partial charge in [0, 0.05) is 24.1 Å². The lowest BCUT2D eigenvalue weighted by Crippen LogP contribution is -2.47. The lowest BCUT2D eigenvalue weighted by molar-refractivity contribution is 0.0501. The predicted octanol–water partition coefficient (Wildman–Crippen LogP) is 2.15. The molecule has 0 saturated carbocycles. The van der Waals surface area contributed by atoms with Crippen LogP contribution >= 0.6 is 0 Å². The summed E-state index contributed by atoms with van der Waals surface area (Å²) < 4.78 is 5.45. The third kappa shape index (κ3) is 2.10. The Hall–Kier alpha value is -2.18. The molecule has 2 saturated heterocycles. The second-order valence-corrected chi connectivity index (χ2v) is 7.21. The Morgan fingerprint density at radius 1 is 1.04 bits per heavy atom. The molecule has 5 rings (SSSR count). The molecule has 2 fully saturated rings. The summed E-state index contributed by atoms with van der Waals surface area (Å²) in [6.07, 6.45) is 11.5. The summed E-state index contributed by atoms with van der Waals surface area (Å²) in [5.74, 6) is 0.994. The minimum absolute atomic E-state index is 0.0706. The van der Waals surface area contributed by atoms with E-state index in [1.165, 1.54) is 0 Å². The highest BCUT2D eigenvalue weighted by molar-refractivity contribution is 5.94. The predicted molar refractivity (Wildman–Crippen MR) is 84.4 cm³/mol. The van der Waals surface area contributed by atoms with Crippen molar-refractivity contribution < 1.29 is 9.32 Å². The van der Waals surface area contributed by atoms with Crippen molar-refractivity contribution in [2.24, 2.45) is 0 Å². The van der Waals surface area contributed by atoms with Crippen LogP contribution in [0.25, 0.3) is 0 Å². The highest BCUT2D eigenvalue weighted by Crippen LogP contribution is 2.41. The topological polar surface area (TPSA) is 77.0 Å². The molecule has 2 aromatic rings. The largest absolute Gasteiger partial charge is 0.360 e. The summed E-state index contributed by atoms with van der Waals surface area (Å²) in [5, 5.41) is 12.7. The molecule has 0 N–H and O–H groups in total. The maximum absolute atomic E-state index is 13.2. The number of hydrogen-bond donors (Lipinski definition) is 0. The molecule has 3 aliphatic rings. The smallest absolute Gasteiger partial charge is 0.276 e. The molecule has 0 radical (unpaired) electrons. The van der Waals surface area contributed by atoms with Crippen molar-refractivity contribution in [1.29, 1.82) is 0 Å². The minimum atomic E-state index is 0.0706. The van der Waals surface area contributed by atoms with Crippen molar-refractivity contribution in [1.82, 2.24) is 25.1 Å². The number of piperidine rings is 1. The molecule has 2 unspecified atom stereocenters. The molecule has 7 nitrogen and oxygen atoms in total. The molecule has 0 aromatic carbocycles. The van der Waals surface area contributed by atoms with Gasteiger partial charge < -0.3 is 9.42 Å². The minimum Gasteiger partial charge on any atom is -0.360 e. The van der Waals surface area contributed by atoms with Crippen LogP contribution in [0, 0.1) is 0 Å². The molecule has 4 heterocycles. The number of aromatic nitrogens is 4. The first-order chi connectivity index (χ1) is 11.8. The van der Waals surface area contributed by atoms with Crippen LogP contribution in [0.2, 0.25) is 0 Å². The molecule has 1 amide bonds. The Bertz CT molecular complexity index is 739. The van der Waals surface area contributed by atoms with E-state index in [1.54, 1.807) is 12.4 Å². The van der Waals surface area contributed by atoms with Crippen LogP contribution in [-0.4, -0.2) is 43.0 Å². The van der Waals surface area contributed by atoms with Crippen molar-refractivity contribution in [3.63, 3.8) is 0 Å². The summed E-state index contributed by atoms with van der Waals surface area (Å²) in [6.45, 7) is 0. The molecule has 24 heavy (non-hydrogen) atoms. The highest BCUT2D eigenvalue weighted by Gasteiger charge is 2.45. The van der Waals surface area contributed by atoms with E-state index >= 15 is 0 Å². The molecule has 2 aromatic heterocycles. The molecule has 2 bridgehead atoms. The van der Waals surface area contributed by atoms with Gasteiger partial charge in [-0.15, -0.1) is 0 Å². The van der Waals surface area contributed by atoms with Gasteiger partial charge in [-0.2, -0.15) is 15.0 Å². The van der Waals surface area contributed by atoms with Gasteiger partial charge in [0.25, 0.3) is 5.91 Å². The maximum atomic E-state index is 13.2. The van der Waals surface area contributed by atoms with E-state index in [9.17, 15) is 4.79 Å². The normalized spacial score (nSPS) is 28.8. The summed E-state index contributed by atoms with van der Waals surface area (Å²) in [6, 6.07) is 0.833. The van der Waals surface area contributed by atoms with Crippen LogP contribution in [0.1, 0.15) is 66.4 Å². The molecule has 0 spiro atoms. The Balaban J connectivity index is 1.40. The van der Waals surface area contributed by atoms with Crippen LogP contribution in [0.3, 0.4) is 0 Å². The fraction of sp³-hybridized carbons (Fsp3) is 0.647. The summed E-state index contributed by atoms with van der Waals surface area (Å²) in [4.78, 5) is 17.0. The Kier molecular flexibility index (Phi) is 3.21. The van der Waals surface area contributed by atoms with E-state index in [0.717, 1.165) is 62.7 Å². The zero-order valence-corrected chi connectivity index (χ0v) is 13.6. The average molecular weight is 327 g/mol. The van der Waals surface area contributed by atoms with E-state index in [1.807, 2.05) is 4.80 Å².